The van der Waals surface area contributed by atoms with E-state index in [-0.39, 0.29) is 0 Å². The fraction of sp³-hybridized carbons (Fsp3) is 1.00. The van der Waals surface area contributed by atoms with Crippen molar-refractivity contribution in [1.29, 1.82) is 0 Å². The highest BCUT2D eigenvalue weighted by Crippen LogP contribution is 2.29. The first-order valence-electron chi connectivity index (χ1n) is 5.79. The molecule has 1 atom stereocenters. The van der Waals surface area contributed by atoms with Crippen LogP contribution in [0.3, 0.4) is 0 Å². The molecule has 3 heteroatoms. The van der Waals surface area contributed by atoms with Gasteiger partial charge in [0.05, 0.1) is 5.60 Å². The van der Waals surface area contributed by atoms with E-state index in [1.165, 1.54) is 0 Å². The molecule has 82 valence electrons. The number of aliphatic hydroxyl groups is 1. The van der Waals surface area contributed by atoms with Crippen molar-refractivity contribution in [1.82, 2.24) is 4.90 Å². The molecule has 1 aliphatic carbocycles. The zero-order valence-corrected chi connectivity index (χ0v) is 9.08. The predicted octanol–water partition coefficient (Wildman–Crippen LogP) is 0.713. The van der Waals surface area contributed by atoms with Crippen LogP contribution < -0.4 is 5.73 Å². The Hall–Kier alpha value is -0.120. The summed E-state index contributed by atoms with van der Waals surface area (Å²) in [6.07, 6.45) is 5.30. The summed E-state index contributed by atoms with van der Waals surface area (Å²) in [5.74, 6) is 0. The van der Waals surface area contributed by atoms with Gasteiger partial charge in [0.2, 0.25) is 0 Å². The van der Waals surface area contributed by atoms with Gasteiger partial charge < -0.3 is 15.7 Å². The molecule has 0 bridgehead atoms. The second kappa shape index (κ2) is 3.80. The topological polar surface area (TPSA) is 49.5 Å². The molecular formula is C11H22N2O. The van der Waals surface area contributed by atoms with Crippen LogP contribution in [0.5, 0.6) is 0 Å². The van der Waals surface area contributed by atoms with E-state index in [0.717, 1.165) is 45.2 Å². The number of hydrogen-bond acceptors (Lipinski definition) is 3. The molecule has 1 aliphatic heterocycles. The van der Waals surface area contributed by atoms with Crippen LogP contribution in [0.1, 0.15) is 39.0 Å². The lowest BCUT2D eigenvalue weighted by molar-refractivity contribution is 0.0393. The minimum Gasteiger partial charge on any atom is -0.390 e. The number of hydrogen-bond donors (Lipinski definition) is 2. The van der Waals surface area contributed by atoms with Crippen LogP contribution >= 0.6 is 0 Å². The third kappa shape index (κ3) is 2.27. The minimum atomic E-state index is -0.430. The Kier molecular flexibility index (Phi) is 2.82. The van der Waals surface area contributed by atoms with E-state index in [0.29, 0.717) is 12.1 Å². The second-order valence-electron chi connectivity index (χ2n) is 5.27. The standard InChI is InChI=1S/C11H22N2O/c1-11(14)3-2-5-13(6-4-11)10-7-9(12)8-10/h9-10,14H,2-8,12H2,1H3. The Balaban J connectivity index is 1.84. The summed E-state index contributed by atoms with van der Waals surface area (Å²) in [7, 11) is 0. The van der Waals surface area contributed by atoms with Gasteiger partial charge in [0.1, 0.15) is 0 Å². The van der Waals surface area contributed by atoms with Gasteiger partial charge in [0.25, 0.3) is 0 Å². The number of nitrogens with two attached hydrogens (primary N) is 1. The molecule has 0 aromatic rings. The fourth-order valence-corrected chi connectivity index (χ4v) is 2.58. The quantitative estimate of drug-likeness (QED) is 0.652. The molecule has 1 saturated heterocycles. The van der Waals surface area contributed by atoms with Crippen molar-refractivity contribution in [3.8, 4) is 0 Å². The van der Waals surface area contributed by atoms with Crippen molar-refractivity contribution >= 4 is 0 Å². The van der Waals surface area contributed by atoms with Gasteiger partial charge in [0, 0.05) is 18.6 Å². The molecule has 3 nitrogen and oxygen atoms in total. The van der Waals surface area contributed by atoms with Gasteiger partial charge in [-0.1, -0.05) is 0 Å². The SMILES string of the molecule is CC1(O)CCCN(C2CC(N)C2)CC1. The van der Waals surface area contributed by atoms with Crippen molar-refractivity contribution in [2.24, 2.45) is 5.73 Å². The summed E-state index contributed by atoms with van der Waals surface area (Å²) < 4.78 is 0. The third-order valence-corrected chi connectivity index (χ3v) is 3.76. The van der Waals surface area contributed by atoms with E-state index in [9.17, 15) is 5.11 Å². The van der Waals surface area contributed by atoms with Gasteiger partial charge >= 0.3 is 0 Å². The van der Waals surface area contributed by atoms with Crippen molar-refractivity contribution in [2.45, 2.75) is 56.7 Å². The lowest BCUT2D eigenvalue weighted by atomic mass is 9.86. The summed E-state index contributed by atoms with van der Waals surface area (Å²) in [5, 5.41) is 9.95. The summed E-state index contributed by atoms with van der Waals surface area (Å²) in [4.78, 5) is 2.52. The Bertz CT molecular complexity index is 199. The Morgan fingerprint density at radius 3 is 2.64 bits per heavy atom. The highest BCUT2D eigenvalue weighted by Gasteiger charge is 2.34. The average molecular weight is 198 g/mol. The first-order chi connectivity index (χ1) is 6.57. The minimum absolute atomic E-state index is 0.430. The molecular weight excluding hydrogens is 176 g/mol. The smallest absolute Gasteiger partial charge is 0.0632 e. The molecule has 0 aromatic carbocycles. The van der Waals surface area contributed by atoms with E-state index in [2.05, 4.69) is 4.90 Å². The van der Waals surface area contributed by atoms with Crippen molar-refractivity contribution < 1.29 is 5.11 Å². The molecule has 14 heavy (non-hydrogen) atoms. The van der Waals surface area contributed by atoms with Crippen molar-refractivity contribution in [2.75, 3.05) is 13.1 Å². The highest BCUT2D eigenvalue weighted by molar-refractivity contribution is 4.91. The van der Waals surface area contributed by atoms with Crippen LogP contribution in [0.4, 0.5) is 0 Å². The highest BCUT2D eigenvalue weighted by atomic mass is 16.3. The Labute approximate surface area is 86.3 Å². The normalized spacial score (nSPS) is 45.6. The van der Waals surface area contributed by atoms with Crippen LogP contribution in [0.15, 0.2) is 0 Å². The van der Waals surface area contributed by atoms with Crippen LogP contribution in [0.25, 0.3) is 0 Å². The van der Waals surface area contributed by atoms with Gasteiger partial charge in [-0.3, -0.25) is 0 Å². The molecule has 2 aliphatic rings. The van der Waals surface area contributed by atoms with Crippen LogP contribution in [0.2, 0.25) is 0 Å². The molecule has 1 saturated carbocycles. The Morgan fingerprint density at radius 1 is 1.29 bits per heavy atom. The van der Waals surface area contributed by atoms with Crippen molar-refractivity contribution in [3.05, 3.63) is 0 Å². The predicted molar refractivity (Wildman–Crippen MR) is 57.0 cm³/mol. The zero-order valence-electron chi connectivity index (χ0n) is 9.08. The van der Waals surface area contributed by atoms with Gasteiger partial charge in [-0.25, -0.2) is 0 Å². The summed E-state index contributed by atoms with van der Waals surface area (Å²) >= 11 is 0. The molecule has 0 aromatic heterocycles. The largest absolute Gasteiger partial charge is 0.390 e. The maximum Gasteiger partial charge on any atom is 0.0632 e. The van der Waals surface area contributed by atoms with Gasteiger partial charge in [-0.05, 0) is 45.6 Å². The van der Waals surface area contributed by atoms with E-state index in [1.807, 2.05) is 6.92 Å². The molecule has 2 fully saturated rings. The lowest BCUT2D eigenvalue weighted by Crippen LogP contribution is -2.51. The van der Waals surface area contributed by atoms with Gasteiger partial charge in [0.15, 0.2) is 0 Å². The first kappa shape index (κ1) is 10.4. The molecule has 0 amide bonds. The van der Waals surface area contributed by atoms with E-state index in [1.54, 1.807) is 0 Å². The molecule has 0 spiro atoms. The summed E-state index contributed by atoms with van der Waals surface area (Å²) in [5.41, 5.74) is 5.36. The van der Waals surface area contributed by atoms with Gasteiger partial charge in [-0.15, -0.1) is 0 Å². The molecule has 0 radical (unpaired) electrons. The van der Waals surface area contributed by atoms with Crippen LogP contribution in [-0.2, 0) is 0 Å². The summed E-state index contributed by atoms with van der Waals surface area (Å²) in [6, 6.07) is 1.14. The number of likely N-dealkylation sites (tertiary alicyclic amines) is 1. The molecule has 3 N–H and O–H groups in total. The van der Waals surface area contributed by atoms with Crippen molar-refractivity contribution in [3.63, 3.8) is 0 Å². The maximum atomic E-state index is 9.95. The fourth-order valence-electron chi connectivity index (χ4n) is 2.58. The lowest BCUT2D eigenvalue weighted by Gasteiger charge is -2.41. The van der Waals surface area contributed by atoms with Crippen LogP contribution in [0, 0.1) is 0 Å². The van der Waals surface area contributed by atoms with Gasteiger partial charge in [-0.2, -0.15) is 0 Å². The second-order valence-corrected chi connectivity index (χ2v) is 5.27. The third-order valence-electron chi connectivity index (χ3n) is 3.76. The monoisotopic (exact) mass is 198 g/mol. The Morgan fingerprint density at radius 2 is 2.00 bits per heavy atom. The average Bonchev–Trinajstić information content (AvgIpc) is 2.21. The van der Waals surface area contributed by atoms with Crippen LogP contribution in [-0.4, -0.2) is 40.8 Å². The molecule has 1 unspecified atom stereocenters. The van der Waals surface area contributed by atoms with E-state index < -0.39 is 5.60 Å². The van der Waals surface area contributed by atoms with E-state index in [4.69, 9.17) is 5.73 Å². The zero-order chi connectivity index (χ0) is 10.2. The van der Waals surface area contributed by atoms with E-state index >= 15 is 0 Å². The first-order valence-corrected chi connectivity index (χ1v) is 5.79. The number of rotatable bonds is 1. The molecule has 1 heterocycles. The maximum absolute atomic E-state index is 9.95. The molecule has 2 rings (SSSR count). The number of nitrogens with zero attached hydrogens (tertiary/aromatic N) is 1. The summed E-state index contributed by atoms with van der Waals surface area (Å²) in [6.45, 7) is 4.15.